The van der Waals surface area contributed by atoms with Crippen molar-refractivity contribution < 1.29 is 4.74 Å². The van der Waals surface area contributed by atoms with Crippen molar-refractivity contribution in [1.82, 2.24) is 5.32 Å². The van der Waals surface area contributed by atoms with E-state index in [2.05, 4.69) is 10.1 Å². The summed E-state index contributed by atoms with van der Waals surface area (Å²) in [5.74, 6) is 0. The van der Waals surface area contributed by atoms with Crippen molar-refractivity contribution in [2.75, 3.05) is 13.5 Å². The smallest absolute Gasteiger partial charge is 0.100 e. The molecule has 0 radical (unpaired) electrons. The molecule has 0 saturated carbocycles. The minimum atomic E-state index is 0.750. The predicted molar refractivity (Wildman–Crippen MR) is 14.0 cm³/mol. The second-order valence-electron chi connectivity index (χ2n) is 0.743. The van der Waals surface area contributed by atoms with Gasteiger partial charge >= 0.3 is 0 Å². The van der Waals surface area contributed by atoms with Crippen molar-refractivity contribution in [2.45, 2.75) is 0 Å². The highest BCUT2D eigenvalue weighted by molar-refractivity contribution is 4.31. The first kappa shape index (κ1) is 2.18. The van der Waals surface area contributed by atoms with Gasteiger partial charge in [0.2, 0.25) is 0 Å². The molecular formula is C2H5NO. The van der Waals surface area contributed by atoms with Crippen LogP contribution in [0.3, 0.4) is 0 Å². The Morgan fingerprint density at radius 1 is 1.50 bits per heavy atom. The van der Waals surface area contributed by atoms with Crippen molar-refractivity contribution in [1.29, 1.82) is 0 Å². The van der Waals surface area contributed by atoms with Crippen molar-refractivity contribution in [2.24, 2.45) is 0 Å². The molecule has 0 aromatic heterocycles. The Morgan fingerprint density at radius 2 is 1.75 bits per heavy atom. The SMILES string of the molecule is C1NCO1. The van der Waals surface area contributed by atoms with Crippen LogP contribution in [0, 0.1) is 0 Å². The van der Waals surface area contributed by atoms with E-state index in [1.54, 1.807) is 0 Å². The Labute approximate surface area is 24.8 Å². The molecule has 1 saturated heterocycles. The van der Waals surface area contributed by atoms with Crippen LogP contribution in [0.5, 0.6) is 0 Å². The number of rotatable bonds is 0. The third kappa shape index (κ3) is 0.106. The summed E-state index contributed by atoms with van der Waals surface area (Å²) in [6, 6.07) is 0. The van der Waals surface area contributed by atoms with Crippen LogP contribution < -0.4 is 5.32 Å². The number of hydrogen-bond donors (Lipinski definition) is 1. The van der Waals surface area contributed by atoms with Gasteiger partial charge in [0, 0.05) is 0 Å². The van der Waals surface area contributed by atoms with Crippen LogP contribution >= 0.6 is 0 Å². The van der Waals surface area contributed by atoms with E-state index >= 15 is 0 Å². The van der Waals surface area contributed by atoms with Gasteiger partial charge in [-0.25, -0.2) is 0 Å². The molecule has 24 valence electrons. The zero-order valence-corrected chi connectivity index (χ0v) is 2.32. The highest BCUT2D eigenvalue weighted by Crippen LogP contribution is 1.73. The fourth-order valence-corrected chi connectivity index (χ4v) is 0.102. The van der Waals surface area contributed by atoms with E-state index in [1.165, 1.54) is 0 Å². The van der Waals surface area contributed by atoms with Gasteiger partial charge in [0.25, 0.3) is 0 Å². The zero-order valence-electron chi connectivity index (χ0n) is 2.32. The average Bonchev–Trinajstić information content (AvgIpc) is 0.722. The van der Waals surface area contributed by atoms with E-state index in [0.717, 1.165) is 13.5 Å². The monoisotopic (exact) mass is 59.0 g/mol. The van der Waals surface area contributed by atoms with Crippen LogP contribution in [-0.2, 0) is 4.74 Å². The van der Waals surface area contributed by atoms with Gasteiger partial charge < -0.3 is 4.74 Å². The van der Waals surface area contributed by atoms with E-state index in [9.17, 15) is 0 Å². The highest BCUT2D eigenvalue weighted by Gasteiger charge is 1.91. The fourth-order valence-electron chi connectivity index (χ4n) is 0.102. The van der Waals surface area contributed by atoms with Crippen molar-refractivity contribution in [3.05, 3.63) is 0 Å². The molecule has 1 fully saturated rings. The molecule has 0 atom stereocenters. The lowest BCUT2D eigenvalue weighted by Crippen LogP contribution is -2.33. The third-order valence-electron chi connectivity index (χ3n) is 0.408. The molecule has 4 heavy (non-hydrogen) atoms. The largest absolute Gasteiger partial charge is 0.351 e. The number of hydrogen-bond acceptors (Lipinski definition) is 2. The first-order chi connectivity index (χ1) is 2.00. The summed E-state index contributed by atoms with van der Waals surface area (Å²) < 4.78 is 4.61. The summed E-state index contributed by atoms with van der Waals surface area (Å²) in [6.45, 7) is 1.50. The van der Waals surface area contributed by atoms with Gasteiger partial charge in [-0.05, 0) is 0 Å². The lowest BCUT2D eigenvalue weighted by Gasteiger charge is -2.12. The summed E-state index contributed by atoms with van der Waals surface area (Å²) >= 11 is 0. The molecule has 2 heteroatoms. The summed E-state index contributed by atoms with van der Waals surface area (Å²) in [5.41, 5.74) is 0. The minimum absolute atomic E-state index is 0.750. The molecule has 0 spiro atoms. The molecule has 1 rings (SSSR count). The molecule has 2 nitrogen and oxygen atoms in total. The Bertz CT molecular complexity index is 14.0. The molecule has 0 aromatic carbocycles. The lowest BCUT2D eigenvalue weighted by atomic mass is 11.0. The standard InChI is InChI=1S/C2H5NO/c1-3-2-4-1/h3H,1-2H2. The molecule has 1 N–H and O–H groups in total. The second-order valence-corrected chi connectivity index (χ2v) is 0.743. The van der Waals surface area contributed by atoms with Gasteiger partial charge in [-0.2, -0.15) is 0 Å². The maximum Gasteiger partial charge on any atom is 0.100 e. The van der Waals surface area contributed by atoms with Gasteiger partial charge in [0.05, 0.1) is 0 Å². The van der Waals surface area contributed by atoms with Crippen LogP contribution in [0.2, 0.25) is 0 Å². The molecule has 0 aliphatic carbocycles. The first-order valence-corrected chi connectivity index (χ1v) is 1.28. The Balaban J connectivity index is 2.00. The third-order valence-corrected chi connectivity index (χ3v) is 0.408. The quantitative estimate of drug-likeness (QED) is 0.407. The summed E-state index contributed by atoms with van der Waals surface area (Å²) in [7, 11) is 0. The highest BCUT2D eigenvalue weighted by atomic mass is 16.5. The fraction of sp³-hybridized carbons (Fsp3) is 1.00. The van der Waals surface area contributed by atoms with Gasteiger partial charge in [-0.3, -0.25) is 5.32 Å². The van der Waals surface area contributed by atoms with Gasteiger partial charge in [0.1, 0.15) is 13.5 Å². The van der Waals surface area contributed by atoms with Crippen LogP contribution in [0.1, 0.15) is 0 Å². The Morgan fingerprint density at radius 3 is 1.75 bits per heavy atom. The van der Waals surface area contributed by atoms with Crippen LogP contribution in [0.4, 0.5) is 0 Å². The molecule has 1 aliphatic heterocycles. The molecule has 1 heterocycles. The number of nitrogens with one attached hydrogen (secondary N) is 1. The first-order valence-electron chi connectivity index (χ1n) is 1.28. The topological polar surface area (TPSA) is 21.3 Å². The molecule has 0 bridgehead atoms. The predicted octanol–water partition coefficient (Wildman–Crippen LogP) is -0.479. The van der Waals surface area contributed by atoms with Gasteiger partial charge in [-0.1, -0.05) is 0 Å². The molecular weight excluding hydrogens is 54.0 g/mol. The molecule has 0 amide bonds. The maximum atomic E-state index is 4.61. The summed E-state index contributed by atoms with van der Waals surface area (Å²) in [6.07, 6.45) is 0. The molecule has 0 aromatic rings. The van der Waals surface area contributed by atoms with Crippen molar-refractivity contribution in [3.8, 4) is 0 Å². The normalized spacial score (nSPS) is 24.0. The van der Waals surface area contributed by atoms with Gasteiger partial charge in [0.15, 0.2) is 0 Å². The molecule has 0 unspecified atom stereocenters. The Kier molecular flexibility index (Phi) is 0.381. The summed E-state index contributed by atoms with van der Waals surface area (Å²) in [5, 5.41) is 2.89. The summed E-state index contributed by atoms with van der Waals surface area (Å²) in [4.78, 5) is 0. The Hall–Kier alpha value is -0.0800. The van der Waals surface area contributed by atoms with E-state index < -0.39 is 0 Å². The van der Waals surface area contributed by atoms with Crippen molar-refractivity contribution >= 4 is 0 Å². The van der Waals surface area contributed by atoms with Crippen LogP contribution in [0.15, 0.2) is 0 Å². The number of ether oxygens (including phenoxy) is 1. The second kappa shape index (κ2) is 0.701. The lowest BCUT2D eigenvalue weighted by molar-refractivity contribution is -0.00257. The molecule has 1 aliphatic rings. The van der Waals surface area contributed by atoms with E-state index in [1.807, 2.05) is 0 Å². The van der Waals surface area contributed by atoms with Crippen molar-refractivity contribution in [3.63, 3.8) is 0 Å². The zero-order chi connectivity index (χ0) is 2.83. The van der Waals surface area contributed by atoms with E-state index in [0.29, 0.717) is 0 Å². The van der Waals surface area contributed by atoms with Crippen LogP contribution in [-0.4, -0.2) is 13.5 Å². The minimum Gasteiger partial charge on any atom is -0.351 e. The average molecular weight is 59.1 g/mol. The van der Waals surface area contributed by atoms with Crippen LogP contribution in [0.25, 0.3) is 0 Å². The van der Waals surface area contributed by atoms with E-state index in [4.69, 9.17) is 0 Å². The van der Waals surface area contributed by atoms with Gasteiger partial charge in [-0.15, -0.1) is 0 Å². The maximum absolute atomic E-state index is 4.61. The van der Waals surface area contributed by atoms with E-state index in [-0.39, 0.29) is 0 Å².